The van der Waals surface area contributed by atoms with Gasteiger partial charge in [0.25, 0.3) is 0 Å². The lowest BCUT2D eigenvalue weighted by Gasteiger charge is -2.20. The van der Waals surface area contributed by atoms with Gasteiger partial charge in [-0.2, -0.15) is 4.39 Å². The van der Waals surface area contributed by atoms with Crippen molar-refractivity contribution < 1.29 is 22.3 Å². The van der Waals surface area contributed by atoms with E-state index >= 15 is 4.39 Å². The third-order valence-electron chi connectivity index (χ3n) is 6.01. The molecule has 3 aromatic carbocycles. The molecule has 4 rings (SSSR count). The molecule has 0 heterocycles. The Morgan fingerprint density at radius 2 is 1.53 bits per heavy atom. The van der Waals surface area contributed by atoms with Gasteiger partial charge in [-0.1, -0.05) is 43.7 Å². The van der Waals surface area contributed by atoms with Gasteiger partial charge in [0.2, 0.25) is 5.82 Å². The first-order valence-corrected chi connectivity index (χ1v) is 10.8. The topological polar surface area (TPSA) is 9.23 Å². The highest BCUT2D eigenvalue weighted by Crippen LogP contribution is 2.38. The van der Waals surface area contributed by atoms with Crippen molar-refractivity contribution >= 4 is 11.6 Å². The van der Waals surface area contributed by atoms with E-state index in [0.717, 1.165) is 30.4 Å². The summed E-state index contributed by atoms with van der Waals surface area (Å²) >= 11 is 0. The van der Waals surface area contributed by atoms with Crippen molar-refractivity contribution in [2.75, 3.05) is 7.11 Å². The summed E-state index contributed by atoms with van der Waals surface area (Å²) in [5.74, 6) is -3.40. The van der Waals surface area contributed by atoms with E-state index in [0.29, 0.717) is 29.5 Å². The van der Waals surface area contributed by atoms with Gasteiger partial charge in [-0.3, -0.25) is 0 Å². The number of aryl methyl sites for hydroxylation is 1. The van der Waals surface area contributed by atoms with Crippen LogP contribution < -0.4 is 4.74 Å². The lowest BCUT2D eigenvalue weighted by atomic mass is 9.86. The van der Waals surface area contributed by atoms with Gasteiger partial charge in [-0.25, -0.2) is 13.2 Å². The van der Waals surface area contributed by atoms with Crippen LogP contribution in [0, 0.1) is 23.3 Å². The summed E-state index contributed by atoms with van der Waals surface area (Å²) in [6, 6.07) is 11.0. The van der Waals surface area contributed by atoms with E-state index < -0.39 is 17.5 Å². The van der Waals surface area contributed by atoms with Crippen molar-refractivity contribution in [3.8, 4) is 16.9 Å². The molecule has 0 aromatic heterocycles. The molecule has 0 radical (unpaired) electrons. The zero-order chi connectivity index (χ0) is 22.8. The molecule has 0 saturated heterocycles. The molecular weight excluding hydrogens is 416 g/mol. The highest BCUT2D eigenvalue weighted by atomic mass is 19.2. The molecule has 0 aliphatic heterocycles. The molecule has 0 unspecified atom stereocenters. The fraction of sp³-hybridized carbons (Fsp3) is 0.259. The number of rotatable bonds is 6. The molecule has 0 bridgehead atoms. The molecule has 1 aliphatic rings. The van der Waals surface area contributed by atoms with Crippen LogP contribution in [0.3, 0.4) is 0 Å². The highest BCUT2D eigenvalue weighted by molar-refractivity contribution is 5.86. The summed E-state index contributed by atoms with van der Waals surface area (Å²) in [7, 11) is 1.24. The van der Waals surface area contributed by atoms with Crippen molar-refractivity contribution in [2.24, 2.45) is 0 Å². The number of methoxy groups -OCH3 is 1. The number of unbranched alkanes of at least 4 members (excludes halogenated alkanes) is 1. The van der Waals surface area contributed by atoms with E-state index in [4.69, 9.17) is 4.74 Å². The molecule has 0 fully saturated rings. The normalized spacial score (nSPS) is 13.0. The summed E-state index contributed by atoms with van der Waals surface area (Å²) in [4.78, 5) is 0. The second kappa shape index (κ2) is 9.19. The second-order valence-electron chi connectivity index (χ2n) is 8.03. The minimum absolute atomic E-state index is 0.00823. The van der Waals surface area contributed by atoms with Crippen molar-refractivity contribution in [3.63, 3.8) is 0 Å². The average molecular weight is 440 g/mol. The predicted octanol–water partition coefficient (Wildman–Crippen LogP) is 7.75. The highest BCUT2D eigenvalue weighted by Gasteiger charge is 2.23. The first-order valence-electron chi connectivity index (χ1n) is 10.8. The van der Waals surface area contributed by atoms with Crippen molar-refractivity contribution in [1.29, 1.82) is 0 Å². The second-order valence-corrected chi connectivity index (χ2v) is 8.03. The largest absolute Gasteiger partial charge is 0.494 e. The number of benzene rings is 3. The van der Waals surface area contributed by atoms with Crippen LogP contribution in [0.15, 0.2) is 42.5 Å². The molecule has 5 heteroatoms. The molecule has 0 spiro atoms. The van der Waals surface area contributed by atoms with Crippen molar-refractivity contribution in [2.45, 2.75) is 39.0 Å². The van der Waals surface area contributed by atoms with Gasteiger partial charge in [0.1, 0.15) is 11.6 Å². The molecule has 32 heavy (non-hydrogen) atoms. The number of hydrogen-bond donors (Lipinski definition) is 0. The summed E-state index contributed by atoms with van der Waals surface area (Å²) in [5, 5.41) is 0. The van der Waals surface area contributed by atoms with Crippen LogP contribution in [0.4, 0.5) is 17.6 Å². The molecule has 0 atom stereocenters. The lowest BCUT2D eigenvalue weighted by Crippen LogP contribution is -2.05. The van der Waals surface area contributed by atoms with Crippen LogP contribution in [-0.2, 0) is 12.8 Å². The van der Waals surface area contributed by atoms with Crippen LogP contribution >= 0.6 is 0 Å². The number of hydrogen-bond acceptors (Lipinski definition) is 1. The minimum Gasteiger partial charge on any atom is -0.494 e. The number of fused-ring (bicyclic) bond motifs is 1. The summed E-state index contributed by atoms with van der Waals surface area (Å²) in [6.45, 7) is 2.10. The van der Waals surface area contributed by atoms with E-state index in [1.54, 1.807) is 24.3 Å². The fourth-order valence-corrected chi connectivity index (χ4v) is 4.22. The van der Waals surface area contributed by atoms with Gasteiger partial charge in [0.05, 0.1) is 7.11 Å². The fourth-order valence-electron chi connectivity index (χ4n) is 4.22. The van der Waals surface area contributed by atoms with Crippen LogP contribution in [0.5, 0.6) is 5.75 Å². The molecule has 1 aliphatic carbocycles. The standard InChI is InChI=1S/C27H24F4O/c1-3-4-5-16-6-9-19(23(28)14-16)17-7-10-20-18(15-17)8-11-21(25(20)29)22-12-13-24(32-2)27(31)26(22)30/h6,8-9,11-15H,3-5,7,10H2,1-2H3. The zero-order valence-corrected chi connectivity index (χ0v) is 18.1. The summed E-state index contributed by atoms with van der Waals surface area (Å²) in [6.07, 6.45) is 5.48. The third-order valence-corrected chi connectivity index (χ3v) is 6.01. The van der Waals surface area contributed by atoms with Gasteiger partial charge in [0, 0.05) is 16.7 Å². The maximum absolute atomic E-state index is 15.3. The quantitative estimate of drug-likeness (QED) is 0.356. The Bertz CT molecular complexity index is 1200. The van der Waals surface area contributed by atoms with Crippen molar-refractivity contribution in [3.05, 3.63) is 88.0 Å². The van der Waals surface area contributed by atoms with Gasteiger partial charge >= 0.3 is 0 Å². The van der Waals surface area contributed by atoms with E-state index in [-0.39, 0.29) is 22.7 Å². The van der Waals surface area contributed by atoms with Crippen LogP contribution in [-0.4, -0.2) is 7.11 Å². The Labute approximate surface area is 185 Å². The van der Waals surface area contributed by atoms with Gasteiger partial charge < -0.3 is 4.74 Å². The van der Waals surface area contributed by atoms with Crippen LogP contribution in [0.1, 0.15) is 48.4 Å². The van der Waals surface area contributed by atoms with Gasteiger partial charge in [-0.05, 0) is 66.1 Å². The Morgan fingerprint density at radius 1 is 0.812 bits per heavy atom. The summed E-state index contributed by atoms with van der Waals surface area (Å²) < 4.78 is 63.5. The lowest BCUT2D eigenvalue weighted by molar-refractivity contribution is 0.372. The molecule has 0 N–H and O–H groups in total. The SMILES string of the molecule is CCCCc1ccc(C2=Cc3ccc(-c4ccc(OC)c(F)c4F)c(F)c3CC2)c(F)c1. The molecule has 3 aromatic rings. The number of ether oxygens (including phenoxy) is 1. The van der Waals surface area contributed by atoms with Gasteiger partial charge in [-0.15, -0.1) is 0 Å². The van der Waals surface area contributed by atoms with Crippen LogP contribution in [0.25, 0.3) is 22.8 Å². The summed E-state index contributed by atoms with van der Waals surface area (Å²) in [5.41, 5.74) is 3.15. The predicted molar refractivity (Wildman–Crippen MR) is 120 cm³/mol. The molecule has 0 saturated carbocycles. The number of halogens is 4. The third kappa shape index (κ3) is 4.04. The molecule has 0 amide bonds. The van der Waals surface area contributed by atoms with E-state index in [1.807, 2.05) is 6.07 Å². The van der Waals surface area contributed by atoms with Crippen molar-refractivity contribution in [1.82, 2.24) is 0 Å². The molecular formula is C27H24F4O. The minimum atomic E-state index is -1.15. The van der Waals surface area contributed by atoms with E-state index in [9.17, 15) is 13.2 Å². The Hall–Kier alpha value is -3.08. The Balaban J connectivity index is 1.69. The van der Waals surface area contributed by atoms with Gasteiger partial charge in [0.15, 0.2) is 11.6 Å². The Morgan fingerprint density at radius 3 is 2.25 bits per heavy atom. The first kappa shape index (κ1) is 22.1. The van der Waals surface area contributed by atoms with Crippen LogP contribution in [0.2, 0.25) is 0 Å². The monoisotopic (exact) mass is 440 g/mol. The Kier molecular flexibility index (Phi) is 6.35. The average Bonchev–Trinajstić information content (AvgIpc) is 2.80. The smallest absolute Gasteiger partial charge is 0.201 e. The van der Waals surface area contributed by atoms with E-state index in [2.05, 4.69) is 6.92 Å². The molecule has 166 valence electrons. The maximum Gasteiger partial charge on any atom is 0.201 e. The first-order chi connectivity index (χ1) is 15.4. The maximum atomic E-state index is 15.3. The number of allylic oxidation sites excluding steroid dienone is 1. The molecule has 1 nitrogen and oxygen atoms in total. The zero-order valence-electron chi connectivity index (χ0n) is 18.1. The van der Waals surface area contributed by atoms with E-state index in [1.165, 1.54) is 25.3 Å².